The van der Waals surface area contributed by atoms with Crippen molar-refractivity contribution in [1.82, 2.24) is 4.57 Å². The average molecular weight is 199 g/mol. The molecule has 0 aliphatic rings. The predicted molar refractivity (Wildman–Crippen MR) is 57.2 cm³/mol. The Morgan fingerprint density at radius 2 is 2.20 bits per heavy atom. The van der Waals surface area contributed by atoms with E-state index in [2.05, 4.69) is 5.32 Å². The number of aromatic nitrogens is 1. The maximum Gasteiger partial charge on any atom is 0.326 e. The highest BCUT2D eigenvalue weighted by Gasteiger charge is 2.07. The number of aryl methyl sites for hydroxylation is 1. The molecule has 1 heterocycles. The van der Waals surface area contributed by atoms with Gasteiger partial charge in [-0.25, -0.2) is 0 Å². The van der Waals surface area contributed by atoms with E-state index >= 15 is 0 Å². The van der Waals surface area contributed by atoms with Crippen molar-refractivity contribution in [1.29, 1.82) is 5.26 Å². The smallest absolute Gasteiger partial charge is 0.326 e. The summed E-state index contributed by atoms with van der Waals surface area (Å²) in [7, 11) is 1.89. The normalized spacial score (nSPS) is 9.87. The lowest BCUT2D eigenvalue weighted by Crippen LogP contribution is -2.07. The van der Waals surface area contributed by atoms with Gasteiger partial charge in [-0.1, -0.05) is 18.2 Å². The maximum atomic E-state index is 11.0. The zero-order valence-electron chi connectivity index (χ0n) is 8.19. The number of para-hydroxylation sites is 1. The van der Waals surface area contributed by atoms with Crippen LogP contribution in [0.5, 0.6) is 0 Å². The number of anilines is 1. The summed E-state index contributed by atoms with van der Waals surface area (Å²) >= 11 is 0. The van der Waals surface area contributed by atoms with Crippen LogP contribution in [0.25, 0.3) is 10.9 Å². The molecule has 74 valence electrons. The highest BCUT2D eigenvalue weighted by Crippen LogP contribution is 2.24. The molecular formula is C11H9N3O. The standard InChI is InChI=1S/C11H9N3O/c1-14-7-9(13-11(15)6-12)8-4-2-3-5-10(8)14/h2-5,7H,1H3,(H,13,15). The monoisotopic (exact) mass is 199 g/mol. The molecule has 0 atom stereocenters. The van der Waals surface area contributed by atoms with Gasteiger partial charge in [0.1, 0.15) is 0 Å². The third-order valence-electron chi connectivity index (χ3n) is 2.25. The molecule has 0 radical (unpaired) electrons. The number of benzene rings is 1. The van der Waals surface area contributed by atoms with E-state index in [4.69, 9.17) is 5.26 Å². The second-order valence-corrected chi connectivity index (χ2v) is 3.24. The Bertz CT molecular complexity index is 563. The molecule has 4 nitrogen and oxygen atoms in total. The first-order chi connectivity index (χ1) is 7.22. The topological polar surface area (TPSA) is 57.8 Å². The summed E-state index contributed by atoms with van der Waals surface area (Å²) in [5.74, 6) is -0.647. The highest BCUT2D eigenvalue weighted by molar-refractivity contribution is 6.07. The first-order valence-electron chi connectivity index (χ1n) is 4.47. The molecule has 2 rings (SSSR count). The summed E-state index contributed by atoms with van der Waals surface area (Å²) < 4.78 is 1.91. The van der Waals surface area contributed by atoms with Gasteiger partial charge in [-0.15, -0.1) is 0 Å². The van der Waals surface area contributed by atoms with Crippen molar-refractivity contribution in [3.05, 3.63) is 30.5 Å². The second kappa shape index (κ2) is 3.46. The highest BCUT2D eigenvalue weighted by atomic mass is 16.1. The molecular weight excluding hydrogens is 190 g/mol. The van der Waals surface area contributed by atoms with Crippen LogP contribution in [0.15, 0.2) is 30.5 Å². The van der Waals surface area contributed by atoms with Crippen molar-refractivity contribution in [3.8, 4) is 6.07 Å². The number of carbonyl (C=O) groups is 1. The van der Waals surface area contributed by atoms with Crippen molar-refractivity contribution in [2.45, 2.75) is 0 Å². The molecule has 1 aromatic carbocycles. The Balaban J connectivity index is 2.53. The van der Waals surface area contributed by atoms with Crippen LogP contribution in [0.3, 0.4) is 0 Å². The van der Waals surface area contributed by atoms with E-state index in [1.165, 1.54) is 6.07 Å². The molecule has 0 saturated carbocycles. The number of nitrogens with zero attached hydrogens (tertiary/aromatic N) is 2. The Hall–Kier alpha value is -2.28. The fraction of sp³-hybridized carbons (Fsp3) is 0.0909. The third kappa shape index (κ3) is 1.55. The van der Waals surface area contributed by atoms with E-state index in [1.54, 1.807) is 6.20 Å². The van der Waals surface area contributed by atoms with Crippen LogP contribution in [0, 0.1) is 11.3 Å². The number of fused-ring (bicyclic) bond motifs is 1. The zero-order chi connectivity index (χ0) is 10.8. The van der Waals surface area contributed by atoms with Crippen LogP contribution < -0.4 is 5.32 Å². The predicted octanol–water partition coefficient (Wildman–Crippen LogP) is 1.64. The molecule has 0 spiro atoms. The quantitative estimate of drug-likeness (QED) is 0.710. The van der Waals surface area contributed by atoms with Gasteiger partial charge in [0.15, 0.2) is 6.07 Å². The minimum atomic E-state index is -0.647. The number of amides is 1. The van der Waals surface area contributed by atoms with Gasteiger partial charge in [-0.05, 0) is 6.07 Å². The molecule has 1 N–H and O–H groups in total. The number of rotatable bonds is 1. The number of nitrogens with one attached hydrogen (secondary N) is 1. The van der Waals surface area contributed by atoms with Crippen LogP contribution in [0.2, 0.25) is 0 Å². The minimum absolute atomic E-state index is 0.647. The van der Waals surface area contributed by atoms with Gasteiger partial charge in [0.05, 0.1) is 5.69 Å². The van der Waals surface area contributed by atoms with Gasteiger partial charge in [0.2, 0.25) is 0 Å². The van der Waals surface area contributed by atoms with Crippen molar-refractivity contribution >= 4 is 22.5 Å². The first kappa shape index (κ1) is 9.28. The Labute approximate surface area is 86.7 Å². The zero-order valence-corrected chi connectivity index (χ0v) is 8.19. The first-order valence-corrected chi connectivity index (χ1v) is 4.47. The van der Waals surface area contributed by atoms with E-state index in [-0.39, 0.29) is 0 Å². The lowest BCUT2D eigenvalue weighted by atomic mass is 10.2. The van der Waals surface area contributed by atoms with E-state index in [0.29, 0.717) is 5.69 Å². The molecule has 1 amide bonds. The number of hydrogen-bond acceptors (Lipinski definition) is 2. The summed E-state index contributed by atoms with van der Waals surface area (Å²) in [5.41, 5.74) is 1.69. The van der Waals surface area contributed by atoms with Crippen molar-refractivity contribution in [2.24, 2.45) is 7.05 Å². The Morgan fingerprint density at radius 1 is 1.47 bits per heavy atom. The molecule has 2 aromatic rings. The maximum absolute atomic E-state index is 11.0. The number of carbonyl (C=O) groups excluding carboxylic acids is 1. The van der Waals surface area contributed by atoms with Gasteiger partial charge in [-0.2, -0.15) is 5.26 Å². The summed E-state index contributed by atoms with van der Waals surface area (Å²) in [4.78, 5) is 11.0. The number of hydrogen-bond donors (Lipinski definition) is 1. The van der Waals surface area contributed by atoms with E-state index < -0.39 is 5.91 Å². The van der Waals surface area contributed by atoms with Crippen LogP contribution in [0.4, 0.5) is 5.69 Å². The van der Waals surface area contributed by atoms with Gasteiger partial charge < -0.3 is 9.88 Å². The lowest BCUT2D eigenvalue weighted by Gasteiger charge is -1.96. The molecule has 15 heavy (non-hydrogen) atoms. The molecule has 0 aliphatic heterocycles. The average Bonchev–Trinajstić information content (AvgIpc) is 2.57. The van der Waals surface area contributed by atoms with Crippen LogP contribution in [0.1, 0.15) is 0 Å². The largest absolute Gasteiger partial charge is 0.348 e. The van der Waals surface area contributed by atoms with E-state index in [9.17, 15) is 4.79 Å². The SMILES string of the molecule is Cn1cc(NC(=O)C#N)c2ccccc21. The molecule has 0 saturated heterocycles. The molecule has 0 aliphatic carbocycles. The summed E-state index contributed by atoms with van der Waals surface area (Å²) in [6.07, 6.45) is 1.79. The van der Waals surface area contributed by atoms with Gasteiger partial charge in [0.25, 0.3) is 0 Å². The molecule has 1 aromatic heterocycles. The van der Waals surface area contributed by atoms with Crippen LogP contribution in [-0.4, -0.2) is 10.5 Å². The van der Waals surface area contributed by atoms with E-state index in [0.717, 1.165) is 10.9 Å². The minimum Gasteiger partial charge on any atom is -0.348 e. The third-order valence-corrected chi connectivity index (χ3v) is 2.25. The molecule has 0 unspecified atom stereocenters. The molecule has 4 heteroatoms. The van der Waals surface area contributed by atoms with Crippen LogP contribution >= 0.6 is 0 Å². The van der Waals surface area contributed by atoms with E-state index in [1.807, 2.05) is 35.9 Å². The fourth-order valence-corrected chi connectivity index (χ4v) is 1.59. The summed E-state index contributed by atoms with van der Waals surface area (Å²) in [5, 5.41) is 11.9. The van der Waals surface area contributed by atoms with Crippen molar-refractivity contribution in [2.75, 3.05) is 5.32 Å². The van der Waals surface area contributed by atoms with Crippen molar-refractivity contribution < 1.29 is 4.79 Å². The fourth-order valence-electron chi connectivity index (χ4n) is 1.59. The van der Waals surface area contributed by atoms with Gasteiger partial charge in [0, 0.05) is 24.1 Å². The van der Waals surface area contributed by atoms with Crippen LogP contribution in [-0.2, 0) is 11.8 Å². The second-order valence-electron chi connectivity index (χ2n) is 3.24. The molecule has 0 fully saturated rings. The van der Waals surface area contributed by atoms with Crippen molar-refractivity contribution in [3.63, 3.8) is 0 Å². The lowest BCUT2D eigenvalue weighted by molar-refractivity contribution is -0.111. The Kier molecular flexibility index (Phi) is 2.14. The summed E-state index contributed by atoms with van der Waals surface area (Å²) in [6, 6.07) is 9.21. The molecule has 0 bridgehead atoms. The van der Waals surface area contributed by atoms with Gasteiger partial charge in [-0.3, -0.25) is 4.79 Å². The number of nitriles is 1. The van der Waals surface area contributed by atoms with Gasteiger partial charge >= 0.3 is 5.91 Å². The Morgan fingerprint density at radius 3 is 2.93 bits per heavy atom. The summed E-state index contributed by atoms with van der Waals surface area (Å²) in [6.45, 7) is 0.